The van der Waals surface area contributed by atoms with Gasteiger partial charge in [-0.2, -0.15) is 0 Å². The van der Waals surface area contributed by atoms with Crippen molar-refractivity contribution in [3.8, 4) is 5.75 Å². The second-order valence-corrected chi connectivity index (χ2v) is 4.39. The van der Waals surface area contributed by atoms with E-state index in [0.717, 1.165) is 17.1 Å². The van der Waals surface area contributed by atoms with Gasteiger partial charge in [0.1, 0.15) is 5.75 Å². The van der Waals surface area contributed by atoms with Crippen LogP contribution in [0.4, 0.5) is 17.1 Å². The minimum atomic E-state index is 0.549. The van der Waals surface area contributed by atoms with Crippen LogP contribution < -0.4 is 15.4 Å². The highest BCUT2D eigenvalue weighted by Gasteiger charge is 2.14. The number of anilines is 3. The fourth-order valence-corrected chi connectivity index (χ4v) is 2.09. The molecule has 0 bridgehead atoms. The number of fused-ring (bicyclic) bond motifs is 1. The Hall–Kier alpha value is -2.76. The molecule has 1 heterocycles. The zero-order chi connectivity index (χ0) is 14.1. The van der Waals surface area contributed by atoms with E-state index in [1.54, 1.807) is 13.2 Å². The molecular formula is C14H14N4O2. The van der Waals surface area contributed by atoms with Crippen molar-refractivity contribution in [1.29, 1.82) is 0 Å². The van der Waals surface area contributed by atoms with E-state index in [4.69, 9.17) is 15.1 Å². The molecule has 0 amide bonds. The van der Waals surface area contributed by atoms with Gasteiger partial charge in [-0.1, -0.05) is 0 Å². The van der Waals surface area contributed by atoms with E-state index in [9.17, 15) is 0 Å². The van der Waals surface area contributed by atoms with E-state index < -0.39 is 0 Å². The summed E-state index contributed by atoms with van der Waals surface area (Å²) in [5, 5.41) is 7.75. The number of aromatic nitrogens is 2. The third-order valence-corrected chi connectivity index (χ3v) is 3.25. The number of methoxy groups -OCH3 is 1. The molecule has 0 saturated heterocycles. The fourth-order valence-electron chi connectivity index (χ4n) is 2.09. The summed E-state index contributed by atoms with van der Waals surface area (Å²) < 4.78 is 9.94. The smallest absolute Gasteiger partial charge is 0.160 e. The predicted molar refractivity (Wildman–Crippen MR) is 77.3 cm³/mol. The number of benzene rings is 2. The van der Waals surface area contributed by atoms with Gasteiger partial charge in [-0.15, -0.1) is 0 Å². The van der Waals surface area contributed by atoms with Crippen molar-refractivity contribution in [1.82, 2.24) is 10.3 Å². The summed E-state index contributed by atoms with van der Waals surface area (Å²) in [4.78, 5) is 1.99. The molecule has 2 aromatic carbocycles. The van der Waals surface area contributed by atoms with E-state index in [-0.39, 0.29) is 0 Å². The van der Waals surface area contributed by atoms with Crippen molar-refractivity contribution >= 4 is 28.1 Å². The van der Waals surface area contributed by atoms with Crippen molar-refractivity contribution in [3.63, 3.8) is 0 Å². The van der Waals surface area contributed by atoms with Crippen LogP contribution in [0.15, 0.2) is 41.0 Å². The molecule has 0 radical (unpaired) electrons. The minimum Gasteiger partial charge on any atom is -0.497 e. The maximum absolute atomic E-state index is 5.85. The summed E-state index contributed by atoms with van der Waals surface area (Å²) in [6.07, 6.45) is 0. The van der Waals surface area contributed by atoms with Crippen molar-refractivity contribution in [2.45, 2.75) is 0 Å². The van der Waals surface area contributed by atoms with E-state index >= 15 is 0 Å². The van der Waals surface area contributed by atoms with E-state index in [2.05, 4.69) is 10.3 Å². The lowest BCUT2D eigenvalue weighted by molar-refractivity contribution is 0.315. The van der Waals surface area contributed by atoms with Gasteiger partial charge in [-0.3, -0.25) is 0 Å². The molecule has 2 N–H and O–H groups in total. The van der Waals surface area contributed by atoms with Crippen LogP contribution in [0.25, 0.3) is 11.0 Å². The number of hydrogen-bond acceptors (Lipinski definition) is 6. The molecular weight excluding hydrogens is 256 g/mol. The molecule has 6 heteroatoms. The summed E-state index contributed by atoms with van der Waals surface area (Å²) in [5.74, 6) is 0.813. The van der Waals surface area contributed by atoms with Crippen molar-refractivity contribution < 1.29 is 9.37 Å². The van der Waals surface area contributed by atoms with Crippen molar-refractivity contribution in [3.05, 3.63) is 36.4 Å². The first-order chi connectivity index (χ1) is 9.70. The van der Waals surface area contributed by atoms with E-state index in [1.807, 2.05) is 42.3 Å². The van der Waals surface area contributed by atoms with Crippen LogP contribution in [0.5, 0.6) is 5.75 Å². The molecule has 3 aromatic rings. The summed E-state index contributed by atoms with van der Waals surface area (Å²) in [6.45, 7) is 0. The lowest BCUT2D eigenvalue weighted by Gasteiger charge is -2.19. The third-order valence-electron chi connectivity index (χ3n) is 3.25. The molecule has 20 heavy (non-hydrogen) atoms. The molecule has 0 aliphatic rings. The summed E-state index contributed by atoms with van der Waals surface area (Å²) in [7, 11) is 3.59. The Labute approximate surface area is 115 Å². The number of nitrogens with zero attached hydrogens (tertiary/aromatic N) is 3. The van der Waals surface area contributed by atoms with Crippen LogP contribution in [-0.2, 0) is 0 Å². The van der Waals surface area contributed by atoms with E-state index in [0.29, 0.717) is 16.7 Å². The Kier molecular flexibility index (Phi) is 2.90. The number of rotatable bonds is 3. The normalized spacial score (nSPS) is 10.7. The van der Waals surface area contributed by atoms with Gasteiger partial charge in [0.15, 0.2) is 11.0 Å². The SMILES string of the molecule is COc1ccc(N(C)c2ccc(N)c3nonc23)cc1. The Morgan fingerprint density at radius 1 is 1.05 bits per heavy atom. The zero-order valence-corrected chi connectivity index (χ0v) is 11.2. The average Bonchev–Trinajstić information content (AvgIpc) is 2.97. The Morgan fingerprint density at radius 2 is 1.75 bits per heavy atom. The Morgan fingerprint density at radius 3 is 2.45 bits per heavy atom. The molecule has 0 fully saturated rings. The number of ether oxygens (including phenoxy) is 1. The average molecular weight is 270 g/mol. The van der Waals surface area contributed by atoms with Gasteiger partial charge in [-0.05, 0) is 46.7 Å². The van der Waals surface area contributed by atoms with Crippen LogP contribution in [0, 0.1) is 0 Å². The second kappa shape index (κ2) is 4.73. The largest absolute Gasteiger partial charge is 0.497 e. The molecule has 102 valence electrons. The van der Waals surface area contributed by atoms with Crippen molar-refractivity contribution in [2.75, 3.05) is 24.8 Å². The lowest BCUT2D eigenvalue weighted by atomic mass is 10.2. The molecule has 0 aliphatic heterocycles. The highest BCUT2D eigenvalue weighted by atomic mass is 16.6. The summed E-state index contributed by atoms with van der Waals surface area (Å²) in [5.41, 5.74) is 9.49. The van der Waals surface area contributed by atoms with Crippen LogP contribution in [0.3, 0.4) is 0 Å². The zero-order valence-electron chi connectivity index (χ0n) is 11.2. The number of hydrogen-bond donors (Lipinski definition) is 1. The fraction of sp³-hybridized carbons (Fsp3) is 0.143. The van der Waals surface area contributed by atoms with Gasteiger partial charge < -0.3 is 15.4 Å². The summed E-state index contributed by atoms with van der Waals surface area (Å²) in [6, 6.07) is 11.4. The first kappa shape index (κ1) is 12.3. The van der Waals surface area contributed by atoms with E-state index in [1.165, 1.54) is 0 Å². The lowest BCUT2D eigenvalue weighted by Crippen LogP contribution is -2.10. The van der Waals surface area contributed by atoms with Crippen molar-refractivity contribution in [2.24, 2.45) is 0 Å². The first-order valence-corrected chi connectivity index (χ1v) is 6.09. The molecule has 0 atom stereocenters. The molecule has 6 nitrogen and oxygen atoms in total. The highest BCUT2D eigenvalue weighted by molar-refractivity contribution is 5.96. The standard InChI is InChI=1S/C14H14N4O2/c1-18(9-3-5-10(19-2)6-4-9)12-8-7-11(15)13-14(12)17-20-16-13/h3-8H,15H2,1-2H3. The molecule has 1 aromatic heterocycles. The maximum Gasteiger partial charge on any atom is 0.160 e. The third kappa shape index (κ3) is 1.91. The van der Waals surface area contributed by atoms with Gasteiger partial charge >= 0.3 is 0 Å². The Balaban J connectivity index is 2.05. The van der Waals surface area contributed by atoms with Gasteiger partial charge in [0, 0.05) is 12.7 Å². The van der Waals surface area contributed by atoms with Gasteiger partial charge in [0.25, 0.3) is 0 Å². The second-order valence-electron chi connectivity index (χ2n) is 4.39. The highest BCUT2D eigenvalue weighted by Crippen LogP contribution is 2.32. The molecule has 0 unspecified atom stereocenters. The van der Waals surface area contributed by atoms with Crippen LogP contribution in [-0.4, -0.2) is 24.5 Å². The first-order valence-electron chi connectivity index (χ1n) is 6.09. The predicted octanol–water partition coefficient (Wildman–Crippen LogP) is 2.58. The molecule has 0 spiro atoms. The molecule has 3 rings (SSSR count). The number of nitrogen functional groups attached to an aromatic ring is 1. The monoisotopic (exact) mass is 270 g/mol. The van der Waals surface area contributed by atoms with Gasteiger partial charge in [-0.25, -0.2) is 4.63 Å². The van der Waals surface area contributed by atoms with Crippen LogP contribution in [0.2, 0.25) is 0 Å². The summed E-state index contributed by atoms with van der Waals surface area (Å²) >= 11 is 0. The van der Waals surface area contributed by atoms with Crippen LogP contribution in [0.1, 0.15) is 0 Å². The van der Waals surface area contributed by atoms with Crippen LogP contribution >= 0.6 is 0 Å². The topological polar surface area (TPSA) is 77.4 Å². The molecule has 0 aliphatic carbocycles. The quantitative estimate of drug-likeness (QED) is 0.737. The van der Waals surface area contributed by atoms with Gasteiger partial charge in [0.2, 0.25) is 0 Å². The van der Waals surface area contributed by atoms with Gasteiger partial charge in [0.05, 0.1) is 18.5 Å². The Bertz CT molecular complexity index is 737. The maximum atomic E-state index is 5.85. The number of nitrogens with two attached hydrogens (primary N) is 1. The minimum absolute atomic E-state index is 0.549. The molecule has 0 saturated carbocycles.